The smallest absolute Gasteiger partial charge is 0.360 e. The van der Waals surface area contributed by atoms with Crippen molar-refractivity contribution in [2.45, 2.75) is 20.4 Å². The summed E-state index contributed by atoms with van der Waals surface area (Å²) in [5, 5.41) is 0. The minimum Gasteiger partial charge on any atom is -0.464 e. The number of nitrogens with two attached hydrogens (primary N) is 1. The van der Waals surface area contributed by atoms with Crippen molar-refractivity contribution in [3.8, 4) is 0 Å². The van der Waals surface area contributed by atoms with Crippen LogP contribution in [0.5, 0.6) is 0 Å². The highest BCUT2D eigenvalue weighted by Gasteiger charge is 2.19. The van der Waals surface area contributed by atoms with Crippen molar-refractivity contribution in [3.63, 3.8) is 0 Å². The molecular weight excluding hydrogens is 244 g/mol. The number of carbonyl (C=O) groups excluding carboxylic acids is 1. The molecule has 0 saturated heterocycles. The van der Waals surface area contributed by atoms with Crippen molar-refractivity contribution in [3.05, 3.63) is 41.1 Å². The maximum atomic E-state index is 11.5. The van der Waals surface area contributed by atoms with E-state index in [1.54, 1.807) is 23.9 Å². The zero-order valence-corrected chi connectivity index (χ0v) is 11.2. The summed E-state index contributed by atoms with van der Waals surface area (Å²) in [6, 6.07) is 1.92. The van der Waals surface area contributed by atoms with Gasteiger partial charge in [0.25, 0.3) is 0 Å². The Balaban J connectivity index is 2.39. The van der Waals surface area contributed by atoms with Crippen LogP contribution in [0.2, 0.25) is 0 Å². The molecule has 100 valence electrons. The van der Waals surface area contributed by atoms with E-state index in [4.69, 9.17) is 5.73 Å². The molecule has 0 radical (unpaired) electrons. The monoisotopic (exact) mass is 260 g/mol. The number of rotatable bonds is 3. The Morgan fingerprint density at radius 1 is 1.47 bits per heavy atom. The number of aryl methyl sites for hydroxylation is 2. The molecule has 0 aliphatic heterocycles. The number of nitrogens with zero attached hydrogens (tertiary/aromatic N) is 3. The molecule has 0 spiro atoms. The molecule has 19 heavy (non-hydrogen) atoms. The number of pyridine rings is 1. The first-order valence-electron chi connectivity index (χ1n) is 5.85. The number of esters is 1. The molecule has 2 rings (SSSR count). The molecule has 0 aromatic carbocycles. The van der Waals surface area contributed by atoms with E-state index in [0.29, 0.717) is 18.2 Å². The fourth-order valence-electron chi connectivity index (χ4n) is 1.88. The van der Waals surface area contributed by atoms with Crippen LogP contribution in [0, 0.1) is 13.8 Å². The highest BCUT2D eigenvalue weighted by molar-refractivity contribution is 5.92. The number of hydrogen-bond acceptors (Lipinski definition) is 5. The molecule has 2 aromatic heterocycles. The third-order valence-electron chi connectivity index (χ3n) is 3.04. The number of methoxy groups -OCH3 is 1. The zero-order valence-electron chi connectivity index (χ0n) is 11.2. The third-order valence-corrected chi connectivity index (χ3v) is 3.04. The van der Waals surface area contributed by atoms with Gasteiger partial charge in [0.05, 0.1) is 13.7 Å². The van der Waals surface area contributed by atoms with Crippen LogP contribution in [0.1, 0.15) is 27.4 Å². The molecule has 2 N–H and O–H groups in total. The van der Waals surface area contributed by atoms with Crippen LogP contribution in [-0.2, 0) is 11.3 Å². The minimum atomic E-state index is -0.522. The van der Waals surface area contributed by atoms with Crippen LogP contribution < -0.4 is 5.73 Å². The van der Waals surface area contributed by atoms with Crippen LogP contribution >= 0.6 is 0 Å². The molecule has 0 aliphatic carbocycles. The molecule has 0 bridgehead atoms. The number of ether oxygens (including phenoxy) is 1. The number of carbonyl (C=O) groups is 1. The second-order valence-corrected chi connectivity index (χ2v) is 4.27. The van der Waals surface area contributed by atoms with Crippen LogP contribution in [0.15, 0.2) is 18.5 Å². The standard InChI is InChI=1S/C13H16N4O2/c1-8-6-15-5-4-10(8)7-17-9(2)16-11(12(17)14)13(18)19-3/h4-6H,7,14H2,1-3H3. The first kappa shape index (κ1) is 13.1. The van der Waals surface area contributed by atoms with Gasteiger partial charge in [0.15, 0.2) is 5.69 Å². The molecule has 0 atom stereocenters. The number of hydrogen-bond donors (Lipinski definition) is 1. The van der Waals surface area contributed by atoms with E-state index in [1.807, 2.05) is 13.0 Å². The number of anilines is 1. The summed E-state index contributed by atoms with van der Waals surface area (Å²) in [6.07, 6.45) is 3.52. The fourth-order valence-corrected chi connectivity index (χ4v) is 1.88. The van der Waals surface area contributed by atoms with Crippen LogP contribution in [-0.4, -0.2) is 27.6 Å². The van der Waals surface area contributed by atoms with Crippen molar-refractivity contribution in [1.82, 2.24) is 14.5 Å². The van der Waals surface area contributed by atoms with Gasteiger partial charge in [-0.05, 0) is 31.0 Å². The first-order chi connectivity index (χ1) is 9.04. The Hall–Kier alpha value is -2.37. The molecule has 0 aliphatic rings. The molecule has 0 saturated carbocycles. The molecule has 0 amide bonds. The molecule has 2 heterocycles. The van der Waals surface area contributed by atoms with Gasteiger partial charge in [-0.15, -0.1) is 0 Å². The van der Waals surface area contributed by atoms with Crippen LogP contribution in [0.3, 0.4) is 0 Å². The van der Waals surface area contributed by atoms with Gasteiger partial charge in [-0.3, -0.25) is 4.98 Å². The number of imidazole rings is 1. The second kappa shape index (κ2) is 5.09. The molecule has 0 unspecified atom stereocenters. The van der Waals surface area contributed by atoms with Crippen molar-refractivity contribution in [1.29, 1.82) is 0 Å². The summed E-state index contributed by atoms with van der Waals surface area (Å²) < 4.78 is 6.44. The lowest BCUT2D eigenvalue weighted by Gasteiger charge is -2.09. The highest BCUT2D eigenvalue weighted by Crippen LogP contribution is 2.18. The van der Waals surface area contributed by atoms with Gasteiger partial charge in [0.2, 0.25) is 0 Å². The molecule has 2 aromatic rings. The van der Waals surface area contributed by atoms with Gasteiger partial charge in [-0.2, -0.15) is 0 Å². The molecule has 0 fully saturated rings. The van der Waals surface area contributed by atoms with E-state index in [-0.39, 0.29) is 5.69 Å². The highest BCUT2D eigenvalue weighted by atomic mass is 16.5. The Labute approximate surface area is 111 Å². The Bertz CT molecular complexity index is 619. The van der Waals surface area contributed by atoms with E-state index >= 15 is 0 Å². The lowest BCUT2D eigenvalue weighted by Crippen LogP contribution is -2.10. The van der Waals surface area contributed by atoms with E-state index in [0.717, 1.165) is 11.1 Å². The van der Waals surface area contributed by atoms with Crippen molar-refractivity contribution in [2.24, 2.45) is 0 Å². The molecule has 6 nitrogen and oxygen atoms in total. The SMILES string of the molecule is COC(=O)c1nc(C)n(Cc2ccncc2C)c1N. The van der Waals surface area contributed by atoms with E-state index in [2.05, 4.69) is 14.7 Å². The van der Waals surface area contributed by atoms with Crippen LogP contribution in [0.4, 0.5) is 5.82 Å². The van der Waals surface area contributed by atoms with Gasteiger partial charge >= 0.3 is 5.97 Å². The Kier molecular flexibility index (Phi) is 3.50. The normalized spacial score (nSPS) is 10.5. The van der Waals surface area contributed by atoms with E-state index in [1.165, 1.54) is 7.11 Å². The predicted molar refractivity (Wildman–Crippen MR) is 70.8 cm³/mol. The van der Waals surface area contributed by atoms with Crippen LogP contribution in [0.25, 0.3) is 0 Å². The Morgan fingerprint density at radius 2 is 2.21 bits per heavy atom. The first-order valence-corrected chi connectivity index (χ1v) is 5.85. The molecule has 6 heteroatoms. The summed E-state index contributed by atoms with van der Waals surface area (Å²) in [7, 11) is 1.31. The summed E-state index contributed by atoms with van der Waals surface area (Å²) in [5.41, 5.74) is 8.27. The van der Waals surface area contributed by atoms with Crippen molar-refractivity contribution in [2.75, 3.05) is 12.8 Å². The van der Waals surface area contributed by atoms with E-state index in [9.17, 15) is 4.79 Å². The zero-order chi connectivity index (χ0) is 14.0. The maximum Gasteiger partial charge on any atom is 0.360 e. The lowest BCUT2D eigenvalue weighted by molar-refractivity contribution is 0.0595. The topological polar surface area (TPSA) is 83.0 Å². The third kappa shape index (κ3) is 2.42. The number of nitrogen functional groups attached to an aromatic ring is 1. The van der Waals surface area contributed by atoms with Gasteiger partial charge in [0, 0.05) is 12.4 Å². The summed E-state index contributed by atoms with van der Waals surface area (Å²) in [6.45, 7) is 4.33. The fraction of sp³-hybridized carbons (Fsp3) is 0.308. The number of aromatic nitrogens is 3. The van der Waals surface area contributed by atoms with Crippen molar-refractivity contribution < 1.29 is 9.53 Å². The summed E-state index contributed by atoms with van der Waals surface area (Å²) in [5.74, 6) is 0.473. The quantitative estimate of drug-likeness (QED) is 0.841. The van der Waals surface area contributed by atoms with Gasteiger partial charge in [0.1, 0.15) is 11.6 Å². The predicted octanol–water partition coefficient (Wildman–Crippen LogP) is 1.31. The van der Waals surface area contributed by atoms with Gasteiger partial charge in [-0.1, -0.05) is 0 Å². The second-order valence-electron chi connectivity index (χ2n) is 4.27. The minimum absolute atomic E-state index is 0.159. The average Bonchev–Trinajstić information content (AvgIpc) is 2.68. The van der Waals surface area contributed by atoms with E-state index < -0.39 is 5.97 Å². The largest absolute Gasteiger partial charge is 0.464 e. The van der Waals surface area contributed by atoms with Gasteiger partial charge < -0.3 is 15.0 Å². The molecular formula is C13H16N4O2. The summed E-state index contributed by atoms with van der Waals surface area (Å²) >= 11 is 0. The average molecular weight is 260 g/mol. The van der Waals surface area contributed by atoms with Crippen molar-refractivity contribution >= 4 is 11.8 Å². The lowest BCUT2D eigenvalue weighted by atomic mass is 10.1. The maximum absolute atomic E-state index is 11.5. The summed E-state index contributed by atoms with van der Waals surface area (Å²) in [4.78, 5) is 19.7. The van der Waals surface area contributed by atoms with Gasteiger partial charge in [-0.25, -0.2) is 9.78 Å². The Morgan fingerprint density at radius 3 is 2.84 bits per heavy atom.